The van der Waals surface area contributed by atoms with E-state index < -0.39 is 23.5 Å². The average molecular weight is 312 g/mol. The predicted octanol–water partition coefficient (Wildman–Crippen LogP) is 3.55. The van der Waals surface area contributed by atoms with Crippen LogP contribution in [0.2, 0.25) is 0 Å². The Hall–Kier alpha value is -2.77. The van der Waals surface area contributed by atoms with E-state index >= 15 is 0 Å². The third-order valence-corrected chi connectivity index (χ3v) is 2.82. The molecular weight excluding hydrogens is 301 g/mol. The first kappa shape index (κ1) is 15.6. The number of halogens is 3. The Morgan fingerprint density at radius 3 is 2.59 bits per heavy atom. The Labute approximate surface area is 123 Å². The highest BCUT2D eigenvalue weighted by molar-refractivity contribution is 5.94. The minimum atomic E-state index is -4.59. The van der Waals surface area contributed by atoms with Gasteiger partial charge in [-0.2, -0.15) is 13.2 Å². The van der Waals surface area contributed by atoms with Crippen LogP contribution in [-0.4, -0.2) is 23.2 Å². The lowest BCUT2D eigenvalue weighted by molar-refractivity contribution is -0.138. The second-order valence-corrected chi connectivity index (χ2v) is 4.21. The molecule has 0 aliphatic carbocycles. The van der Waals surface area contributed by atoms with Gasteiger partial charge >= 0.3 is 12.1 Å². The summed E-state index contributed by atoms with van der Waals surface area (Å²) in [7, 11) is 1.10. The van der Waals surface area contributed by atoms with Gasteiger partial charge in [-0.15, -0.1) is 0 Å². The highest BCUT2D eigenvalue weighted by Crippen LogP contribution is 2.41. The molecule has 0 saturated heterocycles. The van der Waals surface area contributed by atoms with Crippen molar-refractivity contribution in [3.63, 3.8) is 0 Å². The van der Waals surface area contributed by atoms with Crippen LogP contribution in [0.4, 0.5) is 24.7 Å². The number of benzene rings is 1. The van der Waals surface area contributed by atoms with E-state index in [2.05, 4.69) is 10.3 Å². The first-order valence-corrected chi connectivity index (χ1v) is 6.04. The number of nitrogens with zero attached hydrogens (tertiary/aromatic N) is 1. The van der Waals surface area contributed by atoms with Crippen LogP contribution < -0.4 is 10.1 Å². The molecule has 2 rings (SSSR count). The van der Waals surface area contributed by atoms with Gasteiger partial charge in [0.1, 0.15) is 11.4 Å². The fourth-order valence-electron chi connectivity index (χ4n) is 1.88. The highest BCUT2D eigenvalue weighted by atomic mass is 19.4. The Kier molecular flexibility index (Phi) is 4.20. The molecule has 8 heteroatoms. The molecular formula is C14H11F3N2O3. The molecule has 0 aliphatic rings. The standard InChI is InChI=1S/C14H11F3N2O3/c1-22-11-9(14(15,16)17)5-2-6-10(11)19-12-8(13(20)21)4-3-7-18-12/h2-7H,1H3,(H,18,19)(H,20,21). The number of para-hydroxylation sites is 1. The number of alkyl halides is 3. The molecule has 0 unspecified atom stereocenters. The number of aromatic carboxylic acids is 1. The highest BCUT2D eigenvalue weighted by Gasteiger charge is 2.35. The molecule has 1 heterocycles. The number of methoxy groups -OCH3 is 1. The molecule has 0 spiro atoms. The normalized spacial score (nSPS) is 11.1. The summed E-state index contributed by atoms with van der Waals surface area (Å²) in [5, 5.41) is 11.6. The molecule has 116 valence electrons. The summed E-state index contributed by atoms with van der Waals surface area (Å²) in [6.07, 6.45) is -3.27. The van der Waals surface area contributed by atoms with Crippen LogP contribution >= 0.6 is 0 Å². The van der Waals surface area contributed by atoms with Crippen LogP contribution in [0, 0.1) is 0 Å². The van der Waals surface area contributed by atoms with E-state index in [9.17, 15) is 18.0 Å². The third-order valence-electron chi connectivity index (χ3n) is 2.82. The number of hydrogen-bond donors (Lipinski definition) is 2. The minimum absolute atomic E-state index is 0.0291. The van der Waals surface area contributed by atoms with E-state index in [-0.39, 0.29) is 17.1 Å². The predicted molar refractivity (Wildman–Crippen MR) is 72.5 cm³/mol. The first-order valence-electron chi connectivity index (χ1n) is 6.04. The number of carboxylic acid groups (broad SMARTS) is 1. The van der Waals surface area contributed by atoms with E-state index in [0.717, 1.165) is 13.2 Å². The zero-order valence-corrected chi connectivity index (χ0v) is 11.3. The maximum Gasteiger partial charge on any atom is 0.420 e. The van der Waals surface area contributed by atoms with Gasteiger partial charge in [-0.1, -0.05) is 6.07 Å². The Morgan fingerprint density at radius 2 is 2.00 bits per heavy atom. The number of nitrogens with one attached hydrogen (secondary N) is 1. The summed E-state index contributed by atoms with van der Waals surface area (Å²) < 4.78 is 43.7. The van der Waals surface area contributed by atoms with Crippen LogP contribution in [0.15, 0.2) is 36.5 Å². The van der Waals surface area contributed by atoms with E-state index in [1.54, 1.807) is 0 Å². The molecule has 0 saturated carbocycles. The average Bonchev–Trinajstić information content (AvgIpc) is 2.46. The van der Waals surface area contributed by atoms with Gasteiger partial charge in [0.15, 0.2) is 5.75 Å². The summed E-state index contributed by atoms with van der Waals surface area (Å²) in [6, 6.07) is 6.11. The summed E-state index contributed by atoms with van der Waals surface area (Å²) in [5.41, 5.74) is -1.16. The number of aromatic nitrogens is 1. The molecule has 0 fully saturated rings. The molecule has 2 N–H and O–H groups in total. The topological polar surface area (TPSA) is 71.5 Å². The van der Waals surface area contributed by atoms with Crippen molar-refractivity contribution in [3.05, 3.63) is 47.7 Å². The van der Waals surface area contributed by atoms with Crippen LogP contribution in [-0.2, 0) is 6.18 Å². The van der Waals surface area contributed by atoms with Crippen molar-refractivity contribution in [1.29, 1.82) is 0 Å². The molecule has 22 heavy (non-hydrogen) atoms. The molecule has 1 aromatic carbocycles. The lowest BCUT2D eigenvalue weighted by Crippen LogP contribution is -2.10. The second kappa shape index (κ2) is 5.92. The van der Waals surface area contributed by atoms with Gasteiger partial charge in [0, 0.05) is 6.20 Å². The maximum atomic E-state index is 12.9. The van der Waals surface area contributed by atoms with Gasteiger partial charge in [0.25, 0.3) is 0 Å². The summed E-state index contributed by atoms with van der Waals surface area (Å²) >= 11 is 0. The van der Waals surface area contributed by atoms with Crippen molar-refractivity contribution in [1.82, 2.24) is 4.98 Å². The lowest BCUT2D eigenvalue weighted by atomic mass is 10.1. The van der Waals surface area contributed by atoms with Crippen molar-refractivity contribution in [2.75, 3.05) is 12.4 Å². The third kappa shape index (κ3) is 3.11. The summed E-state index contributed by atoms with van der Waals surface area (Å²) in [4.78, 5) is 14.9. The molecule has 5 nitrogen and oxygen atoms in total. The molecule has 0 bridgehead atoms. The van der Waals surface area contributed by atoms with Crippen LogP contribution in [0.3, 0.4) is 0 Å². The van der Waals surface area contributed by atoms with Crippen molar-refractivity contribution in [3.8, 4) is 5.75 Å². The number of ether oxygens (including phenoxy) is 1. The van der Waals surface area contributed by atoms with Gasteiger partial charge in [-0.25, -0.2) is 9.78 Å². The number of hydrogen-bond acceptors (Lipinski definition) is 4. The molecule has 0 radical (unpaired) electrons. The van der Waals surface area contributed by atoms with Gasteiger partial charge < -0.3 is 15.2 Å². The number of anilines is 2. The van der Waals surface area contributed by atoms with E-state index in [0.29, 0.717) is 0 Å². The van der Waals surface area contributed by atoms with Crippen LogP contribution in [0.1, 0.15) is 15.9 Å². The Morgan fingerprint density at radius 1 is 1.27 bits per heavy atom. The number of carboxylic acids is 1. The molecule has 0 aliphatic heterocycles. The van der Waals surface area contributed by atoms with Crippen LogP contribution in [0.25, 0.3) is 0 Å². The first-order chi connectivity index (χ1) is 10.3. The van der Waals surface area contributed by atoms with Gasteiger partial charge in [-0.05, 0) is 24.3 Å². The van der Waals surface area contributed by atoms with Crippen molar-refractivity contribution in [2.45, 2.75) is 6.18 Å². The van der Waals surface area contributed by atoms with E-state index in [4.69, 9.17) is 9.84 Å². The van der Waals surface area contributed by atoms with Crippen molar-refractivity contribution in [2.24, 2.45) is 0 Å². The van der Waals surface area contributed by atoms with Gasteiger partial charge in [-0.3, -0.25) is 0 Å². The number of rotatable bonds is 4. The molecule has 1 aromatic heterocycles. The maximum absolute atomic E-state index is 12.9. The molecule has 2 aromatic rings. The van der Waals surface area contributed by atoms with Crippen molar-refractivity contribution < 1.29 is 27.8 Å². The Balaban J connectivity index is 2.49. The van der Waals surface area contributed by atoms with E-state index in [1.165, 1.54) is 30.5 Å². The monoisotopic (exact) mass is 312 g/mol. The number of carbonyl (C=O) groups is 1. The number of pyridine rings is 1. The fourth-order valence-corrected chi connectivity index (χ4v) is 1.88. The Bertz CT molecular complexity index is 702. The fraction of sp³-hybridized carbons (Fsp3) is 0.143. The largest absolute Gasteiger partial charge is 0.494 e. The molecule has 0 atom stereocenters. The zero-order chi connectivity index (χ0) is 16.3. The quantitative estimate of drug-likeness (QED) is 0.903. The minimum Gasteiger partial charge on any atom is -0.494 e. The van der Waals surface area contributed by atoms with E-state index in [1.807, 2.05) is 0 Å². The lowest BCUT2D eigenvalue weighted by Gasteiger charge is -2.17. The SMILES string of the molecule is COc1c(Nc2ncccc2C(=O)O)cccc1C(F)(F)F. The van der Waals surface area contributed by atoms with Crippen molar-refractivity contribution >= 4 is 17.5 Å². The summed E-state index contributed by atoms with van der Waals surface area (Å²) in [6.45, 7) is 0. The van der Waals surface area contributed by atoms with Crippen LogP contribution in [0.5, 0.6) is 5.75 Å². The zero-order valence-electron chi connectivity index (χ0n) is 11.3. The van der Waals surface area contributed by atoms with Gasteiger partial charge in [0.2, 0.25) is 0 Å². The molecule has 0 amide bonds. The summed E-state index contributed by atoms with van der Waals surface area (Å²) in [5.74, 6) is -1.76. The second-order valence-electron chi connectivity index (χ2n) is 4.21. The van der Waals surface area contributed by atoms with Gasteiger partial charge in [0.05, 0.1) is 18.4 Å². The smallest absolute Gasteiger partial charge is 0.420 e.